The van der Waals surface area contributed by atoms with Crippen LogP contribution in [0, 0.1) is 0 Å². The molecular formula is C18H27N7O5S2. The van der Waals surface area contributed by atoms with Gasteiger partial charge < -0.3 is 15.5 Å². The highest BCUT2D eigenvalue weighted by Gasteiger charge is 2.25. The smallest absolute Gasteiger partial charge is 0.294 e. The maximum absolute atomic E-state index is 11.6. The number of hydrogen-bond acceptors (Lipinski definition) is 10. The van der Waals surface area contributed by atoms with Crippen molar-refractivity contribution in [1.82, 2.24) is 19.7 Å². The maximum atomic E-state index is 11.6. The molecule has 1 aromatic heterocycles. The highest BCUT2D eigenvalue weighted by molar-refractivity contribution is 7.88. The number of nitrogens with one attached hydrogen (secondary N) is 3. The largest absolute Gasteiger partial charge is 0.351 e. The first-order valence-electron chi connectivity index (χ1n) is 9.91. The van der Waals surface area contributed by atoms with Crippen LogP contribution in [0.2, 0.25) is 0 Å². The van der Waals surface area contributed by atoms with Crippen LogP contribution in [0.15, 0.2) is 29.2 Å². The average Bonchev–Trinajstić information content (AvgIpc) is 2.66. The normalized spacial score (nSPS) is 19.4. The van der Waals surface area contributed by atoms with Crippen LogP contribution < -0.4 is 20.3 Å². The molecule has 2 atom stereocenters. The van der Waals surface area contributed by atoms with Gasteiger partial charge in [0.1, 0.15) is 0 Å². The molecule has 0 amide bonds. The van der Waals surface area contributed by atoms with E-state index in [1.165, 1.54) is 18.2 Å². The highest BCUT2D eigenvalue weighted by Crippen LogP contribution is 2.24. The topological polar surface area (TPSA) is 167 Å². The van der Waals surface area contributed by atoms with Crippen molar-refractivity contribution in [2.45, 2.75) is 42.7 Å². The molecule has 1 heterocycles. The lowest BCUT2D eigenvalue weighted by Crippen LogP contribution is -2.41. The van der Waals surface area contributed by atoms with Crippen molar-refractivity contribution in [1.29, 1.82) is 0 Å². The second-order valence-corrected chi connectivity index (χ2v) is 11.1. The Balaban J connectivity index is 1.81. The monoisotopic (exact) mass is 485 g/mol. The van der Waals surface area contributed by atoms with Crippen LogP contribution in [-0.2, 0) is 20.1 Å². The fourth-order valence-corrected chi connectivity index (χ4v) is 4.81. The van der Waals surface area contributed by atoms with Gasteiger partial charge in [0.25, 0.3) is 10.1 Å². The first-order chi connectivity index (χ1) is 14.9. The SMILES string of the molecule is CN(C)c1nc(Nc2cccc(S(=O)(=O)O)c2)nc(NC2CCCC(NS(C)(=O)=O)C2)n1. The van der Waals surface area contributed by atoms with Crippen LogP contribution in [0.25, 0.3) is 0 Å². The van der Waals surface area contributed by atoms with Crippen molar-refractivity contribution in [2.75, 3.05) is 35.9 Å². The van der Waals surface area contributed by atoms with Crippen molar-refractivity contribution in [3.63, 3.8) is 0 Å². The zero-order chi connectivity index (χ0) is 23.5. The molecule has 1 aromatic carbocycles. The number of rotatable bonds is 8. The summed E-state index contributed by atoms with van der Waals surface area (Å²) in [5.74, 6) is 0.861. The Morgan fingerprint density at radius 2 is 1.72 bits per heavy atom. The average molecular weight is 486 g/mol. The molecule has 0 spiro atoms. The molecule has 0 saturated heterocycles. The summed E-state index contributed by atoms with van der Waals surface area (Å²) >= 11 is 0. The molecule has 32 heavy (non-hydrogen) atoms. The molecule has 1 saturated carbocycles. The molecule has 12 nitrogen and oxygen atoms in total. The molecule has 0 bridgehead atoms. The van der Waals surface area contributed by atoms with Crippen molar-refractivity contribution in [2.24, 2.45) is 0 Å². The lowest BCUT2D eigenvalue weighted by molar-refractivity contribution is 0.385. The van der Waals surface area contributed by atoms with Gasteiger partial charge in [-0.3, -0.25) is 4.55 Å². The fourth-order valence-electron chi connectivity index (χ4n) is 3.46. The van der Waals surface area contributed by atoms with Gasteiger partial charge in [-0.15, -0.1) is 0 Å². The summed E-state index contributed by atoms with van der Waals surface area (Å²) < 4.78 is 57.8. The summed E-state index contributed by atoms with van der Waals surface area (Å²) in [6.07, 6.45) is 4.19. The molecular weight excluding hydrogens is 458 g/mol. The molecule has 0 aliphatic heterocycles. The van der Waals surface area contributed by atoms with Gasteiger partial charge in [-0.1, -0.05) is 6.07 Å². The van der Waals surface area contributed by atoms with Crippen LogP contribution in [-0.4, -0.2) is 68.8 Å². The zero-order valence-electron chi connectivity index (χ0n) is 18.0. The summed E-state index contributed by atoms with van der Waals surface area (Å²) in [5, 5.41) is 6.19. The van der Waals surface area contributed by atoms with E-state index in [4.69, 9.17) is 0 Å². The lowest BCUT2D eigenvalue weighted by Gasteiger charge is -2.30. The predicted molar refractivity (Wildman–Crippen MR) is 121 cm³/mol. The number of aromatic nitrogens is 3. The van der Waals surface area contributed by atoms with Gasteiger partial charge in [-0.05, 0) is 43.9 Å². The van der Waals surface area contributed by atoms with Gasteiger partial charge >= 0.3 is 0 Å². The first-order valence-corrected chi connectivity index (χ1v) is 13.2. The minimum Gasteiger partial charge on any atom is -0.351 e. The second-order valence-electron chi connectivity index (χ2n) is 7.90. The summed E-state index contributed by atoms with van der Waals surface area (Å²) in [5.41, 5.74) is 0.372. The van der Waals surface area contributed by atoms with E-state index in [1.807, 2.05) is 0 Å². The molecule has 2 unspecified atom stereocenters. The van der Waals surface area contributed by atoms with E-state index in [1.54, 1.807) is 25.1 Å². The van der Waals surface area contributed by atoms with E-state index in [-0.39, 0.29) is 22.9 Å². The minimum absolute atomic E-state index is 0.0314. The molecule has 1 fully saturated rings. The second kappa shape index (κ2) is 9.52. The van der Waals surface area contributed by atoms with Crippen molar-refractivity contribution < 1.29 is 21.4 Å². The van der Waals surface area contributed by atoms with Crippen molar-refractivity contribution in [3.05, 3.63) is 24.3 Å². The van der Waals surface area contributed by atoms with E-state index >= 15 is 0 Å². The summed E-state index contributed by atoms with van der Waals surface area (Å²) in [6.45, 7) is 0. The van der Waals surface area contributed by atoms with E-state index in [9.17, 15) is 21.4 Å². The number of nitrogens with zero attached hydrogens (tertiary/aromatic N) is 4. The third-order valence-corrected chi connectivity index (χ3v) is 6.41. The van der Waals surface area contributed by atoms with E-state index in [2.05, 4.69) is 30.3 Å². The number of benzene rings is 1. The maximum Gasteiger partial charge on any atom is 0.294 e. The Kier molecular flexibility index (Phi) is 7.17. The van der Waals surface area contributed by atoms with Crippen LogP contribution in [0.5, 0.6) is 0 Å². The van der Waals surface area contributed by atoms with Crippen LogP contribution in [0.1, 0.15) is 25.7 Å². The lowest BCUT2D eigenvalue weighted by atomic mass is 9.92. The Labute approximate surface area is 187 Å². The first kappa shape index (κ1) is 24.1. The Bertz CT molecular complexity index is 1170. The summed E-state index contributed by atoms with van der Waals surface area (Å²) in [4.78, 5) is 14.5. The summed E-state index contributed by atoms with van der Waals surface area (Å²) in [7, 11) is -4.09. The van der Waals surface area contributed by atoms with E-state index < -0.39 is 20.1 Å². The Morgan fingerprint density at radius 1 is 1.03 bits per heavy atom. The third-order valence-electron chi connectivity index (χ3n) is 4.80. The van der Waals surface area contributed by atoms with Gasteiger partial charge in [0.05, 0.1) is 11.2 Å². The number of sulfonamides is 1. The molecule has 4 N–H and O–H groups in total. The standard InChI is InChI=1S/C18H27N7O5S2/c1-25(2)18-22-16(19-12-6-4-8-14(10-12)24-31(3,26)27)21-17(23-18)20-13-7-5-9-15(11-13)32(28,29)30/h5,7,9,11-12,14,24H,4,6,8,10H2,1-3H3,(H,28,29,30)(H2,19,20,21,22,23). The van der Waals surface area contributed by atoms with E-state index in [0.29, 0.717) is 24.0 Å². The molecule has 3 rings (SSSR count). The highest BCUT2D eigenvalue weighted by atomic mass is 32.2. The number of hydrogen-bond donors (Lipinski definition) is 4. The van der Waals surface area contributed by atoms with Crippen LogP contribution >= 0.6 is 0 Å². The summed E-state index contributed by atoms with van der Waals surface area (Å²) in [6, 6.07) is 5.45. The van der Waals surface area contributed by atoms with Gasteiger partial charge in [0.15, 0.2) is 0 Å². The Hall–Kier alpha value is -2.55. The minimum atomic E-state index is -4.35. The molecule has 176 valence electrons. The number of anilines is 4. The fraction of sp³-hybridized carbons (Fsp3) is 0.500. The predicted octanol–water partition coefficient (Wildman–Crippen LogP) is 1.20. The molecule has 0 radical (unpaired) electrons. The van der Waals surface area contributed by atoms with Gasteiger partial charge in [-0.2, -0.15) is 23.4 Å². The van der Waals surface area contributed by atoms with Crippen LogP contribution in [0.3, 0.4) is 0 Å². The molecule has 1 aliphatic rings. The molecule has 2 aromatic rings. The van der Waals surface area contributed by atoms with Gasteiger partial charge in [0, 0.05) is 31.9 Å². The van der Waals surface area contributed by atoms with Crippen LogP contribution in [0.4, 0.5) is 23.5 Å². The van der Waals surface area contributed by atoms with Crippen molar-refractivity contribution in [3.8, 4) is 0 Å². The van der Waals surface area contributed by atoms with Gasteiger partial charge in [0.2, 0.25) is 27.9 Å². The third kappa shape index (κ3) is 6.98. The van der Waals surface area contributed by atoms with Gasteiger partial charge in [-0.25, -0.2) is 13.1 Å². The quantitative estimate of drug-likeness (QED) is 0.397. The Morgan fingerprint density at radius 3 is 2.38 bits per heavy atom. The van der Waals surface area contributed by atoms with Crippen molar-refractivity contribution >= 4 is 43.7 Å². The molecule has 14 heteroatoms. The molecule has 1 aliphatic carbocycles. The zero-order valence-corrected chi connectivity index (χ0v) is 19.6. The van der Waals surface area contributed by atoms with E-state index in [0.717, 1.165) is 25.5 Å².